The lowest BCUT2D eigenvalue weighted by atomic mass is 9.92. The number of aromatic nitrogens is 2. The summed E-state index contributed by atoms with van der Waals surface area (Å²) < 4.78 is 2.02. The van der Waals surface area contributed by atoms with Crippen molar-refractivity contribution in [2.45, 2.75) is 26.8 Å². The Labute approximate surface area is 114 Å². The summed E-state index contributed by atoms with van der Waals surface area (Å²) in [4.78, 5) is 7.18. The molecule has 1 fully saturated rings. The number of likely N-dealkylation sites (tertiary alicyclic amines) is 1. The Balaban J connectivity index is 1.77. The zero-order valence-corrected chi connectivity index (χ0v) is 11.7. The first kappa shape index (κ1) is 12.5. The molecule has 1 saturated heterocycles. The van der Waals surface area contributed by atoms with Gasteiger partial charge in [-0.05, 0) is 30.4 Å². The highest BCUT2D eigenvalue weighted by atomic mass is 15.2. The average molecular weight is 258 g/mol. The lowest BCUT2D eigenvalue weighted by Crippen LogP contribution is -2.38. The first-order chi connectivity index (χ1) is 9.10. The maximum absolute atomic E-state index is 5.79. The molecule has 4 heteroatoms. The van der Waals surface area contributed by atoms with Crippen molar-refractivity contribution < 1.29 is 0 Å². The number of anilines is 1. The standard InChI is InChI=1S/C15H22N4/c1-11-5-12(2)7-18(6-11)9-14-10-19-8-13(16)3-4-15(19)17-14/h3-4,8,10-12H,5-7,9,16H2,1-2H3. The topological polar surface area (TPSA) is 46.6 Å². The molecule has 2 N–H and O–H groups in total. The second-order valence-corrected chi connectivity index (χ2v) is 6.10. The summed E-state index contributed by atoms with van der Waals surface area (Å²) in [7, 11) is 0. The zero-order chi connectivity index (χ0) is 13.4. The molecular weight excluding hydrogens is 236 g/mol. The Morgan fingerprint density at radius 3 is 2.68 bits per heavy atom. The molecule has 0 saturated carbocycles. The summed E-state index contributed by atoms with van der Waals surface area (Å²) in [5.74, 6) is 1.58. The van der Waals surface area contributed by atoms with E-state index < -0.39 is 0 Å². The fourth-order valence-electron chi connectivity index (χ4n) is 3.29. The van der Waals surface area contributed by atoms with Crippen molar-refractivity contribution in [3.05, 3.63) is 30.2 Å². The highest BCUT2D eigenvalue weighted by molar-refractivity contribution is 5.48. The molecule has 3 rings (SSSR count). The van der Waals surface area contributed by atoms with E-state index in [2.05, 4.69) is 29.9 Å². The van der Waals surface area contributed by atoms with Crippen molar-refractivity contribution >= 4 is 11.3 Å². The number of nitrogens with two attached hydrogens (primary N) is 1. The third kappa shape index (κ3) is 2.73. The van der Waals surface area contributed by atoms with Gasteiger partial charge >= 0.3 is 0 Å². The molecule has 4 nitrogen and oxygen atoms in total. The molecule has 3 heterocycles. The molecule has 2 unspecified atom stereocenters. The Kier molecular flexibility index (Phi) is 3.19. The van der Waals surface area contributed by atoms with Crippen LogP contribution in [0.2, 0.25) is 0 Å². The number of pyridine rings is 1. The van der Waals surface area contributed by atoms with E-state index in [9.17, 15) is 0 Å². The van der Waals surface area contributed by atoms with E-state index >= 15 is 0 Å². The molecule has 0 radical (unpaired) electrons. The van der Waals surface area contributed by atoms with Gasteiger partial charge in [0, 0.05) is 37.7 Å². The van der Waals surface area contributed by atoms with Gasteiger partial charge in [-0.15, -0.1) is 0 Å². The second kappa shape index (κ2) is 4.85. The van der Waals surface area contributed by atoms with Gasteiger partial charge in [-0.2, -0.15) is 0 Å². The van der Waals surface area contributed by atoms with Crippen molar-refractivity contribution in [3.8, 4) is 0 Å². The summed E-state index contributed by atoms with van der Waals surface area (Å²) in [6.45, 7) is 7.98. The van der Waals surface area contributed by atoms with Gasteiger partial charge in [-0.1, -0.05) is 13.8 Å². The van der Waals surface area contributed by atoms with Gasteiger partial charge in [0.1, 0.15) is 5.65 Å². The number of hydrogen-bond donors (Lipinski definition) is 1. The van der Waals surface area contributed by atoms with Crippen molar-refractivity contribution in [1.82, 2.24) is 14.3 Å². The second-order valence-electron chi connectivity index (χ2n) is 6.10. The minimum atomic E-state index is 0.775. The van der Waals surface area contributed by atoms with Crippen molar-refractivity contribution in [2.75, 3.05) is 18.8 Å². The smallest absolute Gasteiger partial charge is 0.137 e. The van der Waals surface area contributed by atoms with Crippen LogP contribution in [-0.4, -0.2) is 27.4 Å². The van der Waals surface area contributed by atoms with Crippen molar-refractivity contribution in [1.29, 1.82) is 0 Å². The summed E-state index contributed by atoms with van der Waals surface area (Å²) in [5, 5.41) is 0. The molecule has 2 aromatic heterocycles. The Bertz CT molecular complexity index is 565. The first-order valence-corrected chi connectivity index (χ1v) is 7.05. The Hall–Kier alpha value is -1.55. The molecule has 0 aromatic carbocycles. The summed E-state index contributed by atoms with van der Waals surface area (Å²) in [6, 6.07) is 3.87. The SMILES string of the molecule is CC1CC(C)CN(Cc2cn3cc(N)ccc3n2)C1. The van der Waals surface area contributed by atoms with E-state index in [4.69, 9.17) is 5.73 Å². The average Bonchev–Trinajstić information content (AvgIpc) is 2.68. The fourth-order valence-corrected chi connectivity index (χ4v) is 3.29. The van der Waals surface area contributed by atoms with E-state index in [0.717, 1.165) is 35.4 Å². The van der Waals surface area contributed by atoms with Gasteiger partial charge in [0.15, 0.2) is 0 Å². The quantitative estimate of drug-likeness (QED) is 0.899. The maximum Gasteiger partial charge on any atom is 0.137 e. The van der Waals surface area contributed by atoms with E-state index in [-0.39, 0.29) is 0 Å². The molecule has 0 bridgehead atoms. The fraction of sp³-hybridized carbons (Fsp3) is 0.533. The van der Waals surface area contributed by atoms with Crippen LogP contribution in [0.25, 0.3) is 5.65 Å². The number of nitrogens with zero attached hydrogens (tertiary/aromatic N) is 3. The molecule has 0 spiro atoms. The first-order valence-electron chi connectivity index (χ1n) is 7.05. The Morgan fingerprint density at radius 2 is 1.95 bits per heavy atom. The van der Waals surface area contributed by atoms with E-state index in [1.165, 1.54) is 19.5 Å². The molecule has 1 aliphatic heterocycles. The third-order valence-corrected chi connectivity index (χ3v) is 3.85. The van der Waals surface area contributed by atoms with Gasteiger partial charge in [0.05, 0.1) is 5.69 Å². The third-order valence-electron chi connectivity index (χ3n) is 3.85. The number of fused-ring (bicyclic) bond motifs is 1. The molecule has 102 valence electrons. The number of nitrogen functional groups attached to an aromatic ring is 1. The number of rotatable bonds is 2. The largest absolute Gasteiger partial charge is 0.398 e. The minimum Gasteiger partial charge on any atom is -0.398 e. The van der Waals surface area contributed by atoms with Crippen LogP contribution in [0.4, 0.5) is 5.69 Å². The molecule has 0 aliphatic carbocycles. The van der Waals surface area contributed by atoms with Crippen LogP contribution in [0.3, 0.4) is 0 Å². The van der Waals surface area contributed by atoms with Gasteiger partial charge in [0.25, 0.3) is 0 Å². The minimum absolute atomic E-state index is 0.775. The van der Waals surface area contributed by atoms with Crippen molar-refractivity contribution in [3.63, 3.8) is 0 Å². The normalized spacial score (nSPS) is 24.9. The predicted octanol–water partition coefficient (Wildman–Crippen LogP) is 2.39. The van der Waals surface area contributed by atoms with Crippen LogP contribution in [0.1, 0.15) is 26.0 Å². The number of hydrogen-bond acceptors (Lipinski definition) is 3. The van der Waals surface area contributed by atoms with Gasteiger partial charge < -0.3 is 10.1 Å². The van der Waals surface area contributed by atoms with Crippen LogP contribution in [0, 0.1) is 11.8 Å². The highest BCUT2D eigenvalue weighted by Crippen LogP contribution is 2.22. The monoisotopic (exact) mass is 258 g/mol. The lowest BCUT2D eigenvalue weighted by Gasteiger charge is -2.34. The van der Waals surface area contributed by atoms with Crippen LogP contribution < -0.4 is 5.73 Å². The summed E-state index contributed by atoms with van der Waals surface area (Å²) in [5.41, 5.74) is 8.68. The molecule has 1 aliphatic rings. The van der Waals surface area contributed by atoms with Crippen LogP contribution in [0.15, 0.2) is 24.5 Å². The van der Waals surface area contributed by atoms with E-state index in [1.807, 2.05) is 22.7 Å². The lowest BCUT2D eigenvalue weighted by molar-refractivity contribution is 0.133. The number of imidazole rings is 1. The molecule has 0 amide bonds. The summed E-state index contributed by atoms with van der Waals surface area (Å²) >= 11 is 0. The number of piperidine rings is 1. The highest BCUT2D eigenvalue weighted by Gasteiger charge is 2.22. The van der Waals surface area contributed by atoms with Crippen molar-refractivity contribution in [2.24, 2.45) is 11.8 Å². The van der Waals surface area contributed by atoms with Crippen LogP contribution in [0.5, 0.6) is 0 Å². The predicted molar refractivity (Wildman–Crippen MR) is 77.8 cm³/mol. The maximum atomic E-state index is 5.79. The van der Waals surface area contributed by atoms with Gasteiger partial charge in [-0.25, -0.2) is 4.98 Å². The molecule has 2 aromatic rings. The molecular formula is C15H22N4. The zero-order valence-electron chi connectivity index (χ0n) is 11.7. The van der Waals surface area contributed by atoms with E-state index in [0.29, 0.717) is 0 Å². The van der Waals surface area contributed by atoms with Crippen LogP contribution >= 0.6 is 0 Å². The Morgan fingerprint density at radius 1 is 1.21 bits per heavy atom. The summed E-state index contributed by atoms with van der Waals surface area (Å²) in [6.07, 6.45) is 5.36. The van der Waals surface area contributed by atoms with E-state index in [1.54, 1.807) is 0 Å². The van der Waals surface area contributed by atoms with Gasteiger partial charge in [0.2, 0.25) is 0 Å². The van der Waals surface area contributed by atoms with Gasteiger partial charge in [-0.3, -0.25) is 4.90 Å². The van der Waals surface area contributed by atoms with Crippen LogP contribution in [-0.2, 0) is 6.54 Å². The molecule has 2 atom stereocenters. The molecule has 19 heavy (non-hydrogen) atoms.